The maximum absolute atomic E-state index is 11.1. The zero-order valence-electron chi connectivity index (χ0n) is 13.5. The molecule has 0 fully saturated rings. The Hall–Kier alpha value is -2.29. The summed E-state index contributed by atoms with van der Waals surface area (Å²) in [6.45, 7) is 2.14. The minimum Gasteiger partial charge on any atom is -0.550 e. The quantitative estimate of drug-likeness (QED) is 0.762. The monoisotopic (exact) mass is 311 g/mol. The molecule has 0 atom stereocenters. The molecule has 23 heavy (non-hydrogen) atoms. The topological polar surface area (TPSA) is 60.4 Å². The van der Waals surface area contributed by atoms with Gasteiger partial charge in [-0.15, -0.1) is 0 Å². The van der Waals surface area contributed by atoms with Crippen LogP contribution in [0.4, 0.5) is 0 Å². The summed E-state index contributed by atoms with van der Waals surface area (Å²) in [5.41, 5.74) is 3.37. The number of unbranched alkanes of at least 4 members (excludes halogenated alkanes) is 2. The van der Waals surface area contributed by atoms with E-state index in [1.54, 1.807) is 6.07 Å². The van der Waals surface area contributed by atoms with Crippen LogP contribution < -0.4 is 5.11 Å². The van der Waals surface area contributed by atoms with E-state index < -0.39 is 5.97 Å². The van der Waals surface area contributed by atoms with E-state index in [4.69, 9.17) is 0 Å². The third-order valence-corrected chi connectivity index (χ3v) is 4.01. The van der Waals surface area contributed by atoms with Gasteiger partial charge in [-0.2, -0.15) is 0 Å². The molecule has 0 heterocycles. The third kappa shape index (κ3) is 5.13. The average molecular weight is 311 g/mol. The van der Waals surface area contributed by atoms with Crippen molar-refractivity contribution in [2.45, 2.75) is 45.4 Å². The number of carboxylic acids is 1. The summed E-state index contributed by atoms with van der Waals surface area (Å²) in [6, 6.07) is 13.4. The molecule has 0 aliphatic heterocycles. The highest BCUT2D eigenvalue weighted by Crippen LogP contribution is 2.28. The lowest BCUT2D eigenvalue weighted by atomic mass is 9.93. The third-order valence-electron chi connectivity index (χ3n) is 4.01. The first-order chi connectivity index (χ1) is 11.1. The van der Waals surface area contributed by atoms with Crippen LogP contribution in [0.1, 0.15) is 48.4 Å². The molecule has 0 saturated carbocycles. The number of hydrogen-bond donors (Lipinski definition) is 1. The number of phenolic OH excluding ortho intramolecular Hbond substituents is 1. The summed E-state index contributed by atoms with van der Waals surface area (Å²) in [5, 5.41) is 21.5. The lowest BCUT2D eigenvalue weighted by Gasteiger charge is -2.15. The minimum absolute atomic E-state index is 0.169. The highest BCUT2D eigenvalue weighted by molar-refractivity contribution is 5.69. The van der Waals surface area contributed by atoms with E-state index in [0.29, 0.717) is 17.5 Å². The Kier molecular flexibility index (Phi) is 6.21. The number of hydrogen-bond acceptors (Lipinski definition) is 3. The molecule has 0 radical (unpaired) electrons. The molecule has 0 amide bonds. The van der Waals surface area contributed by atoms with Gasteiger partial charge in [0.25, 0.3) is 0 Å². The maximum Gasteiger partial charge on any atom is 0.119 e. The van der Waals surface area contributed by atoms with Gasteiger partial charge in [-0.1, -0.05) is 56.2 Å². The summed E-state index contributed by atoms with van der Waals surface area (Å²) in [6.07, 6.45) is 4.50. The molecule has 2 rings (SSSR count). The first-order valence-corrected chi connectivity index (χ1v) is 8.17. The second-order valence-electron chi connectivity index (χ2n) is 5.92. The first kappa shape index (κ1) is 17.1. The standard InChI is InChI=1S/C20H24O3/c1-2-3-5-10-16-11-17(14-20(22)23)18(19(21)13-16)12-15-8-6-4-7-9-15/h4,6-9,11,13,21H,2-3,5,10,12,14H2,1H3,(H,22,23)/p-1. The summed E-state index contributed by atoms with van der Waals surface area (Å²) in [7, 11) is 0. The van der Waals surface area contributed by atoms with Crippen LogP contribution in [0.5, 0.6) is 5.75 Å². The van der Waals surface area contributed by atoms with Crippen LogP contribution in [0.2, 0.25) is 0 Å². The predicted octanol–water partition coefficient (Wildman–Crippen LogP) is 3.01. The second-order valence-corrected chi connectivity index (χ2v) is 5.92. The van der Waals surface area contributed by atoms with Gasteiger partial charge in [0.15, 0.2) is 0 Å². The predicted molar refractivity (Wildman–Crippen MR) is 89.3 cm³/mol. The molecular weight excluding hydrogens is 288 g/mol. The van der Waals surface area contributed by atoms with Gasteiger partial charge in [-0.3, -0.25) is 0 Å². The number of aryl methyl sites for hydroxylation is 1. The number of aromatic hydroxyl groups is 1. The average Bonchev–Trinajstić information content (AvgIpc) is 2.51. The zero-order chi connectivity index (χ0) is 16.7. The van der Waals surface area contributed by atoms with Crippen molar-refractivity contribution in [2.75, 3.05) is 0 Å². The first-order valence-electron chi connectivity index (χ1n) is 8.17. The highest BCUT2D eigenvalue weighted by Gasteiger charge is 2.12. The molecule has 3 nitrogen and oxygen atoms in total. The van der Waals surface area contributed by atoms with Gasteiger partial charge in [0.1, 0.15) is 5.75 Å². The van der Waals surface area contributed by atoms with Crippen molar-refractivity contribution in [1.82, 2.24) is 0 Å². The molecule has 1 N–H and O–H groups in total. The number of aliphatic carboxylic acids is 1. The van der Waals surface area contributed by atoms with Gasteiger partial charge in [0, 0.05) is 24.4 Å². The Labute approximate surface area is 137 Å². The van der Waals surface area contributed by atoms with Crippen LogP contribution in [0.25, 0.3) is 0 Å². The number of benzene rings is 2. The van der Waals surface area contributed by atoms with Crippen molar-refractivity contribution in [3.05, 3.63) is 64.7 Å². The van der Waals surface area contributed by atoms with Gasteiger partial charge in [0.2, 0.25) is 0 Å². The van der Waals surface area contributed by atoms with E-state index in [9.17, 15) is 15.0 Å². The lowest BCUT2D eigenvalue weighted by Crippen LogP contribution is -2.25. The van der Waals surface area contributed by atoms with Gasteiger partial charge < -0.3 is 15.0 Å². The van der Waals surface area contributed by atoms with Gasteiger partial charge in [-0.25, -0.2) is 0 Å². The van der Waals surface area contributed by atoms with Crippen molar-refractivity contribution in [1.29, 1.82) is 0 Å². The Morgan fingerprint density at radius 1 is 1.09 bits per heavy atom. The maximum atomic E-state index is 11.1. The van der Waals surface area contributed by atoms with Crippen LogP contribution >= 0.6 is 0 Å². The van der Waals surface area contributed by atoms with Crippen LogP contribution in [0, 0.1) is 0 Å². The number of phenols is 1. The number of carbonyl (C=O) groups excluding carboxylic acids is 1. The summed E-state index contributed by atoms with van der Waals surface area (Å²) in [4.78, 5) is 11.1. The van der Waals surface area contributed by atoms with Crippen molar-refractivity contribution in [3.8, 4) is 5.75 Å². The molecule has 0 aromatic heterocycles. The van der Waals surface area contributed by atoms with Crippen molar-refractivity contribution >= 4 is 5.97 Å². The normalized spacial score (nSPS) is 10.7. The van der Waals surface area contributed by atoms with Crippen molar-refractivity contribution < 1.29 is 15.0 Å². The second kappa shape index (κ2) is 8.37. The van der Waals surface area contributed by atoms with Crippen LogP contribution in [0.15, 0.2) is 42.5 Å². The highest BCUT2D eigenvalue weighted by atomic mass is 16.4. The fourth-order valence-electron chi connectivity index (χ4n) is 2.82. The van der Waals surface area contributed by atoms with E-state index >= 15 is 0 Å². The van der Waals surface area contributed by atoms with Crippen LogP contribution in [-0.2, 0) is 24.1 Å². The lowest BCUT2D eigenvalue weighted by molar-refractivity contribution is -0.304. The van der Waals surface area contributed by atoms with Gasteiger partial charge in [-0.05, 0) is 35.6 Å². The summed E-state index contributed by atoms with van der Waals surface area (Å²) in [5.74, 6) is -0.941. The SMILES string of the molecule is CCCCCc1cc(O)c(Cc2ccccc2)c(CC(=O)[O-])c1. The molecular formula is C20H23O3-. The van der Waals surface area contributed by atoms with Crippen molar-refractivity contribution in [2.24, 2.45) is 0 Å². The fourth-order valence-corrected chi connectivity index (χ4v) is 2.82. The molecule has 0 unspecified atom stereocenters. The Balaban J connectivity index is 2.29. The van der Waals surface area contributed by atoms with E-state index in [1.165, 1.54) is 0 Å². The Morgan fingerprint density at radius 3 is 2.48 bits per heavy atom. The fraction of sp³-hybridized carbons (Fsp3) is 0.350. The summed E-state index contributed by atoms with van der Waals surface area (Å²) < 4.78 is 0. The molecule has 0 aliphatic rings. The minimum atomic E-state index is -1.12. The van der Waals surface area contributed by atoms with Crippen LogP contribution in [0.3, 0.4) is 0 Å². The van der Waals surface area contributed by atoms with Crippen LogP contribution in [-0.4, -0.2) is 11.1 Å². The molecule has 122 valence electrons. The van der Waals surface area contributed by atoms with E-state index in [2.05, 4.69) is 6.92 Å². The molecule has 3 heteroatoms. The molecule has 2 aromatic rings. The number of carbonyl (C=O) groups is 1. The van der Waals surface area contributed by atoms with E-state index in [1.807, 2.05) is 36.4 Å². The molecule has 0 saturated heterocycles. The Morgan fingerprint density at radius 2 is 1.83 bits per heavy atom. The number of carboxylic acid groups (broad SMARTS) is 1. The van der Waals surface area contributed by atoms with E-state index in [-0.39, 0.29) is 12.2 Å². The number of rotatable bonds is 8. The summed E-state index contributed by atoms with van der Waals surface area (Å²) >= 11 is 0. The van der Waals surface area contributed by atoms with Crippen molar-refractivity contribution in [3.63, 3.8) is 0 Å². The largest absolute Gasteiger partial charge is 0.550 e. The Bertz CT molecular complexity index is 647. The van der Waals surface area contributed by atoms with Gasteiger partial charge >= 0.3 is 0 Å². The van der Waals surface area contributed by atoms with E-state index in [0.717, 1.165) is 36.8 Å². The zero-order valence-corrected chi connectivity index (χ0v) is 13.5. The molecule has 2 aromatic carbocycles. The molecule has 0 aliphatic carbocycles. The van der Waals surface area contributed by atoms with Gasteiger partial charge in [0.05, 0.1) is 0 Å². The molecule has 0 spiro atoms. The molecule has 0 bridgehead atoms. The smallest absolute Gasteiger partial charge is 0.119 e.